The lowest BCUT2D eigenvalue weighted by Crippen LogP contribution is -2.45. The fourth-order valence-corrected chi connectivity index (χ4v) is 2.31. The summed E-state index contributed by atoms with van der Waals surface area (Å²) in [5, 5.41) is 7.10. The van der Waals surface area contributed by atoms with Gasteiger partial charge in [0.25, 0.3) is 0 Å². The number of carbonyl (C=O) groups excluding carboxylic acids is 1. The summed E-state index contributed by atoms with van der Waals surface area (Å²) in [7, 11) is 0. The molecule has 1 fully saturated rings. The van der Waals surface area contributed by atoms with Crippen molar-refractivity contribution in [3.05, 3.63) is 34.9 Å². The third-order valence-corrected chi connectivity index (χ3v) is 3.47. The zero-order chi connectivity index (χ0) is 12.8. The van der Waals surface area contributed by atoms with Crippen molar-refractivity contribution in [3.8, 4) is 0 Å². The summed E-state index contributed by atoms with van der Waals surface area (Å²) in [6.07, 6.45) is 3.53. The maximum atomic E-state index is 11.8. The second-order valence-corrected chi connectivity index (χ2v) is 5.17. The minimum absolute atomic E-state index is 0. The van der Waals surface area contributed by atoms with Crippen LogP contribution in [0.3, 0.4) is 0 Å². The molecule has 1 aliphatic rings. The van der Waals surface area contributed by atoms with Crippen LogP contribution in [-0.2, 0) is 11.2 Å². The van der Waals surface area contributed by atoms with Crippen molar-refractivity contribution in [2.24, 2.45) is 0 Å². The second-order valence-electron chi connectivity index (χ2n) is 4.74. The summed E-state index contributed by atoms with van der Waals surface area (Å²) in [5.41, 5.74) is 1.15. The monoisotopic (exact) mass is 302 g/mol. The fraction of sp³-hybridized carbons (Fsp3) is 0.500. The van der Waals surface area contributed by atoms with Crippen LogP contribution in [0.25, 0.3) is 0 Å². The smallest absolute Gasteiger partial charge is 0.220 e. The Morgan fingerprint density at radius 2 is 2.11 bits per heavy atom. The zero-order valence-electron chi connectivity index (χ0n) is 10.8. The molecule has 1 aliphatic heterocycles. The first kappa shape index (κ1) is 16.3. The van der Waals surface area contributed by atoms with Gasteiger partial charge in [0.15, 0.2) is 0 Å². The van der Waals surface area contributed by atoms with Crippen LogP contribution in [0.5, 0.6) is 0 Å². The van der Waals surface area contributed by atoms with Crippen LogP contribution in [0.2, 0.25) is 5.02 Å². The fourth-order valence-electron chi connectivity index (χ4n) is 2.18. The minimum atomic E-state index is 0. The molecular weight excluding hydrogens is 283 g/mol. The number of piperidine rings is 1. The Labute approximate surface area is 125 Å². The highest BCUT2D eigenvalue weighted by atomic mass is 35.5. The van der Waals surface area contributed by atoms with Gasteiger partial charge in [0.05, 0.1) is 0 Å². The Morgan fingerprint density at radius 3 is 2.74 bits per heavy atom. The van der Waals surface area contributed by atoms with Gasteiger partial charge in [-0.05, 0) is 43.5 Å². The Kier molecular flexibility index (Phi) is 7.21. The van der Waals surface area contributed by atoms with Gasteiger partial charge in [0.2, 0.25) is 5.91 Å². The van der Waals surface area contributed by atoms with E-state index in [1.165, 1.54) is 0 Å². The molecule has 3 nitrogen and oxygen atoms in total. The van der Waals surface area contributed by atoms with Crippen LogP contribution in [0.1, 0.15) is 24.8 Å². The highest BCUT2D eigenvalue weighted by Gasteiger charge is 2.14. The van der Waals surface area contributed by atoms with Gasteiger partial charge in [0.1, 0.15) is 0 Å². The molecule has 2 rings (SSSR count). The molecule has 5 heteroatoms. The van der Waals surface area contributed by atoms with Crippen molar-refractivity contribution in [3.63, 3.8) is 0 Å². The Balaban J connectivity index is 0.00000180. The van der Waals surface area contributed by atoms with E-state index in [2.05, 4.69) is 10.6 Å². The Morgan fingerprint density at radius 1 is 1.37 bits per heavy atom. The highest BCUT2D eigenvalue weighted by molar-refractivity contribution is 6.30. The van der Waals surface area contributed by atoms with Gasteiger partial charge >= 0.3 is 0 Å². The molecule has 1 saturated heterocycles. The molecule has 1 amide bonds. The SMILES string of the molecule is Cl.O=C(CCc1ccc(Cl)cc1)N[C@H]1CCCNC1. The van der Waals surface area contributed by atoms with Crippen molar-refractivity contribution >= 4 is 29.9 Å². The van der Waals surface area contributed by atoms with Crippen LogP contribution >= 0.6 is 24.0 Å². The highest BCUT2D eigenvalue weighted by Crippen LogP contribution is 2.11. The number of aryl methyl sites for hydroxylation is 1. The lowest BCUT2D eigenvalue weighted by molar-refractivity contribution is -0.121. The Hall–Kier alpha value is -0.770. The lowest BCUT2D eigenvalue weighted by atomic mass is 10.1. The van der Waals surface area contributed by atoms with Crippen molar-refractivity contribution in [1.82, 2.24) is 10.6 Å². The molecule has 1 atom stereocenters. The number of amides is 1. The molecule has 2 N–H and O–H groups in total. The van der Waals surface area contributed by atoms with Crippen molar-refractivity contribution in [2.45, 2.75) is 31.7 Å². The number of nitrogens with one attached hydrogen (secondary N) is 2. The van der Waals surface area contributed by atoms with Crippen LogP contribution in [-0.4, -0.2) is 25.0 Å². The standard InChI is InChI=1S/C14H19ClN2O.ClH/c15-12-6-3-11(4-7-12)5-8-14(18)17-13-2-1-9-16-10-13;/h3-4,6-7,13,16H,1-2,5,8-10H2,(H,17,18);1H/t13-;/m0./s1. The minimum Gasteiger partial charge on any atom is -0.352 e. The molecule has 0 radical (unpaired) electrons. The third kappa shape index (κ3) is 5.81. The van der Waals surface area contributed by atoms with E-state index < -0.39 is 0 Å². The normalized spacial score (nSPS) is 18.5. The van der Waals surface area contributed by atoms with Gasteiger partial charge in [-0.3, -0.25) is 4.79 Å². The quantitative estimate of drug-likeness (QED) is 0.897. The summed E-state index contributed by atoms with van der Waals surface area (Å²) >= 11 is 5.82. The summed E-state index contributed by atoms with van der Waals surface area (Å²) < 4.78 is 0. The Bertz CT molecular complexity index is 389. The number of hydrogen-bond donors (Lipinski definition) is 2. The van der Waals surface area contributed by atoms with E-state index in [-0.39, 0.29) is 18.3 Å². The van der Waals surface area contributed by atoms with Crippen molar-refractivity contribution < 1.29 is 4.79 Å². The predicted octanol–water partition coefficient (Wildman–Crippen LogP) is 2.56. The number of hydrogen-bond acceptors (Lipinski definition) is 2. The van der Waals surface area contributed by atoms with E-state index in [9.17, 15) is 4.79 Å². The molecule has 1 aromatic carbocycles. The molecule has 0 unspecified atom stereocenters. The summed E-state index contributed by atoms with van der Waals surface area (Å²) in [5.74, 6) is 0.138. The number of benzene rings is 1. The summed E-state index contributed by atoms with van der Waals surface area (Å²) in [4.78, 5) is 11.8. The maximum Gasteiger partial charge on any atom is 0.220 e. The number of carbonyl (C=O) groups is 1. The number of rotatable bonds is 4. The van der Waals surface area contributed by atoms with Crippen molar-refractivity contribution in [1.29, 1.82) is 0 Å². The van der Waals surface area contributed by atoms with Gasteiger partial charge in [0, 0.05) is 24.0 Å². The van der Waals surface area contributed by atoms with Gasteiger partial charge < -0.3 is 10.6 Å². The molecule has 19 heavy (non-hydrogen) atoms. The van der Waals surface area contributed by atoms with E-state index in [0.29, 0.717) is 12.5 Å². The first-order chi connectivity index (χ1) is 8.74. The predicted molar refractivity (Wildman–Crippen MR) is 81.1 cm³/mol. The maximum absolute atomic E-state index is 11.8. The average Bonchev–Trinajstić information content (AvgIpc) is 2.39. The van der Waals surface area contributed by atoms with Gasteiger partial charge in [-0.15, -0.1) is 12.4 Å². The zero-order valence-corrected chi connectivity index (χ0v) is 12.4. The van der Waals surface area contributed by atoms with Crippen LogP contribution in [0.15, 0.2) is 24.3 Å². The molecule has 0 aliphatic carbocycles. The van der Waals surface area contributed by atoms with Crippen LogP contribution < -0.4 is 10.6 Å². The van der Waals surface area contributed by atoms with Crippen LogP contribution in [0.4, 0.5) is 0 Å². The molecule has 0 aromatic heterocycles. The number of halogens is 2. The topological polar surface area (TPSA) is 41.1 Å². The first-order valence-corrected chi connectivity index (χ1v) is 6.86. The van der Waals surface area contributed by atoms with E-state index in [0.717, 1.165) is 42.9 Å². The molecule has 0 spiro atoms. The largest absolute Gasteiger partial charge is 0.352 e. The summed E-state index contributed by atoms with van der Waals surface area (Å²) in [6.45, 7) is 1.96. The van der Waals surface area contributed by atoms with Gasteiger partial charge in [-0.25, -0.2) is 0 Å². The summed E-state index contributed by atoms with van der Waals surface area (Å²) in [6, 6.07) is 7.96. The van der Waals surface area contributed by atoms with E-state index in [1.54, 1.807) is 0 Å². The molecular formula is C14H20Cl2N2O. The van der Waals surface area contributed by atoms with Gasteiger partial charge in [-0.1, -0.05) is 23.7 Å². The third-order valence-electron chi connectivity index (χ3n) is 3.22. The molecule has 0 saturated carbocycles. The second kappa shape index (κ2) is 8.41. The average molecular weight is 303 g/mol. The van der Waals surface area contributed by atoms with E-state index in [1.807, 2.05) is 24.3 Å². The molecule has 1 aromatic rings. The van der Waals surface area contributed by atoms with Crippen molar-refractivity contribution in [2.75, 3.05) is 13.1 Å². The van der Waals surface area contributed by atoms with Crippen LogP contribution in [0, 0.1) is 0 Å². The molecule has 106 valence electrons. The molecule has 0 bridgehead atoms. The van der Waals surface area contributed by atoms with E-state index >= 15 is 0 Å². The van der Waals surface area contributed by atoms with E-state index in [4.69, 9.17) is 11.6 Å². The first-order valence-electron chi connectivity index (χ1n) is 6.48. The van der Waals surface area contributed by atoms with Gasteiger partial charge in [-0.2, -0.15) is 0 Å². The lowest BCUT2D eigenvalue weighted by Gasteiger charge is -2.23. The molecule has 1 heterocycles.